The van der Waals surface area contributed by atoms with Crippen LogP contribution in [0.2, 0.25) is 0 Å². The van der Waals surface area contributed by atoms with Crippen LogP contribution < -0.4 is 4.74 Å². The summed E-state index contributed by atoms with van der Waals surface area (Å²) in [6, 6.07) is 27.5. The first-order valence-electron chi connectivity index (χ1n) is 13.1. The first-order valence-corrected chi connectivity index (χ1v) is 15.5. The number of hydrogen-bond acceptors (Lipinski definition) is 6. The van der Waals surface area contributed by atoms with E-state index >= 15 is 0 Å². The molecule has 0 bridgehead atoms. The van der Waals surface area contributed by atoms with Crippen LogP contribution in [0.25, 0.3) is 0 Å². The first-order chi connectivity index (χ1) is 18.8. The zero-order valence-corrected chi connectivity index (χ0v) is 24.2. The molecule has 4 aromatic rings. The molecule has 2 atom stereocenters. The quantitative estimate of drug-likeness (QED) is 0.213. The fourth-order valence-corrected chi connectivity index (χ4v) is 7.73. The molecule has 1 fully saturated rings. The molecule has 1 saturated heterocycles. The van der Waals surface area contributed by atoms with Gasteiger partial charge in [0.1, 0.15) is 16.9 Å². The van der Waals surface area contributed by atoms with Gasteiger partial charge in [0.05, 0.1) is 29.0 Å². The Morgan fingerprint density at radius 2 is 1.79 bits per heavy atom. The van der Waals surface area contributed by atoms with Crippen LogP contribution in [-0.2, 0) is 26.9 Å². The van der Waals surface area contributed by atoms with Crippen molar-refractivity contribution in [1.29, 1.82) is 0 Å². The number of sulfone groups is 1. The second-order valence-electron chi connectivity index (χ2n) is 10.3. The lowest BCUT2D eigenvalue weighted by Gasteiger charge is -2.37. The summed E-state index contributed by atoms with van der Waals surface area (Å²) in [5.41, 5.74) is 4.13. The summed E-state index contributed by atoms with van der Waals surface area (Å²) >= 11 is 1.65. The van der Waals surface area contributed by atoms with Crippen LogP contribution in [-0.4, -0.2) is 36.7 Å². The van der Waals surface area contributed by atoms with E-state index in [0.29, 0.717) is 30.9 Å². The van der Waals surface area contributed by atoms with Crippen LogP contribution in [0.4, 0.5) is 0 Å². The second-order valence-corrected chi connectivity index (χ2v) is 13.7. The molecule has 2 heterocycles. The molecule has 39 heavy (non-hydrogen) atoms. The fraction of sp³-hybridized carbons (Fsp3) is 0.323. The summed E-state index contributed by atoms with van der Waals surface area (Å²) < 4.78 is 40.2. The van der Waals surface area contributed by atoms with Crippen molar-refractivity contribution < 1.29 is 17.9 Å². The number of aromatic nitrogens is 2. The van der Waals surface area contributed by atoms with E-state index in [1.165, 1.54) is 5.56 Å². The van der Waals surface area contributed by atoms with Crippen molar-refractivity contribution in [2.45, 2.75) is 59.8 Å². The van der Waals surface area contributed by atoms with Crippen LogP contribution in [0, 0.1) is 6.92 Å². The molecule has 2 unspecified atom stereocenters. The maximum absolute atomic E-state index is 13.8. The first kappa shape index (κ1) is 27.5. The average molecular weight is 563 g/mol. The Bertz CT molecular complexity index is 1520. The van der Waals surface area contributed by atoms with Gasteiger partial charge in [-0.05, 0) is 73.7 Å². The molecule has 8 heteroatoms. The highest BCUT2D eigenvalue weighted by molar-refractivity contribution is 7.98. The van der Waals surface area contributed by atoms with Gasteiger partial charge >= 0.3 is 0 Å². The minimum Gasteiger partial charge on any atom is -0.497 e. The minimum atomic E-state index is -3.57. The van der Waals surface area contributed by atoms with E-state index in [9.17, 15) is 8.42 Å². The van der Waals surface area contributed by atoms with Crippen molar-refractivity contribution >= 4 is 21.6 Å². The lowest BCUT2D eigenvalue weighted by atomic mass is 9.95. The van der Waals surface area contributed by atoms with Crippen LogP contribution in [0.5, 0.6) is 5.75 Å². The van der Waals surface area contributed by atoms with Crippen LogP contribution >= 0.6 is 11.8 Å². The largest absolute Gasteiger partial charge is 0.497 e. The maximum atomic E-state index is 13.8. The van der Waals surface area contributed by atoms with Gasteiger partial charge in [-0.3, -0.25) is 4.68 Å². The number of ether oxygens (including phenoxy) is 2. The lowest BCUT2D eigenvalue weighted by molar-refractivity contribution is -0.00458. The Kier molecular flexibility index (Phi) is 8.16. The number of hydrogen-bond donors (Lipinski definition) is 0. The Morgan fingerprint density at radius 3 is 2.51 bits per heavy atom. The third-order valence-corrected chi connectivity index (χ3v) is 10.9. The van der Waals surface area contributed by atoms with Crippen LogP contribution in [0.1, 0.15) is 48.3 Å². The Morgan fingerprint density at radius 1 is 1.03 bits per heavy atom. The number of nitrogens with zero attached hydrogens (tertiary/aromatic N) is 2. The highest BCUT2D eigenvalue weighted by Crippen LogP contribution is 2.43. The van der Waals surface area contributed by atoms with Gasteiger partial charge in [-0.2, -0.15) is 5.10 Å². The minimum absolute atomic E-state index is 0.367. The van der Waals surface area contributed by atoms with E-state index < -0.39 is 14.6 Å². The van der Waals surface area contributed by atoms with Gasteiger partial charge in [-0.1, -0.05) is 66.4 Å². The summed E-state index contributed by atoms with van der Waals surface area (Å²) in [6.07, 6.45) is 0.438. The van der Waals surface area contributed by atoms with Crippen LogP contribution in [0.3, 0.4) is 0 Å². The number of methoxy groups -OCH3 is 1. The molecule has 1 aliphatic rings. The average Bonchev–Trinajstić information content (AvgIpc) is 3.35. The predicted molar refractivity (Wildman–Crippen MR) is 155 cm³/mol. The van der Waals surface area contributed by atoms with Crippen molar-refractivity contribution in [3.63, 3.8) is 0 Å². The Hall–Kier alpha value is -3.07. The lowest BCUT2D eigenvalue weighted by Crippen LogP contribution is -2.42. The topological polar surface area (TPSA) is 70.4 Å². The molecular formula is C31H34N2O4S2. The van der Waals surface area contributed by atoms with Gasteiger partial charge in [-0.25, -0.2) is 8.42 Å². The molecule has 6 nitrogen and oxygen atoms in total. The summed E-state index contributed by atoms with van der Waals surface area (Å²) in [7, 11) is -1.91. The summed E-state index contributed by atoms with van der Waals surface area (Å²) in [5.74, 6) is 1.59. The third-order valence-electron chi connectivity index (χ3n) is 7.36. The summed E-state index contributed by atoms with van der Waals surface area (Å²) in [5, 5.41) is 5.82. The maximum Gasteiger partial charge on any atom is 0.184 e. The van der Waals surface area contributed by atoms with Gasteiger partial charge in [-0.15, -0.1) is 0 Å². The number of aryl methyl sites for hydroxylation is 1. The molecule has 0 N–H and O–H groups in total. The standard InChI is InChI=1S/C31H34N2O4S2/c1-23-8-7-11-27(18-23)39(34,35)31(2)16-17-37-29(20-31)28-19-30(32-33(28)21-24-9-5-4-6-10-24)38-22-25-12-14-26(36-3)15-13-25/h4-15,18-19,29H,16-17,20-22H2,1-3H3. The number of rotatable bonds is 9. The van der Waals surface area contributed by atoms with Crippen molar-refractivity contribution in [3.05, 3.63) is 107 Å². The molecule has 0 amide bonds. The van der Waals surface area contributed by atoms with Crippen molar-refractivity contribution in [2.75, 3.05) is 13.7 Å². The zero-order chi connectivity index (χ0) is 27.5. The van der Waals surface area contributed by atoms with Gasteiger partial charge in [0.25, 0.3) is 0 Å². The molecule has 5 rings (SSSR count). The smallest absolute Gasteiger partial charge is 0.184 e. The molecule has 3 aromatic carbocycles. The van der Waals surface area contributed by atoms with Crippen molar-refractivity contribution in [3.8, 4) is 5.75 Å². The number of thioether (sulfide) groups is 1. The summed E-state index contributed by atoms with van der Waals surface area (Å²) in [4.78, 5) is 0.374. The number of benzene rings is 3. The Labute approximate surface area is 235 Å². The molecular weight excluding hydrogens is 528 g/mol. The Balaban J connectivity index is 1.43. The van der Waals surface area contributed by atoms with Crippen molar-refractivity contribution in [1.82, 2.24) is 9.78 Å². The van der Waals surface area contributed by atoms with E-state index in [0.717, 1.165) is 33.3 Å². The van der Waals surface area contributed by atoms with Gasteiger partial charge in [0, 0.05) is 12.4 Å². The second kappa shape index (κ2) is 11.6. The highest BCUT2D eigenvalue weighted by Gasteiger charge is 2.45. The zero-order valence-electron chi connectivity index (χ0n) is 22.5. The molecule has 0 saturated carbocycles. The SMILES string of the molecule is COc1ccc(CSc2cc(C3CC(C)(S(=O)(=O)c4cccc(C)c4)CCO3)n(Cc3ccccc3)n2)cc1. The van der Waals surface area contributed by atoms with E-state index in [-0.39, 0.29) is 6.10 Å². The summed E-state index contributed by atoms with van der Waals surface area (Å²) in [6.45, 7) is 4.73. The van der Waals surface area contributed by atoms with E-state index in [1.54, 1.807) is 31.0 Å². The highest BCUT2D eigenvalue weighted by atomic mass is 32.2. The molecule has 204 valence electrons. The normalized spacial score (nSPS) is 19.6. The van der Waals surface area contributed by atoms with Gasteiger partial charge in [0.15, 0.2) is 9.84 Å². The van der Waals surface area contributed by atoms with Crippen molar-refractivity contribution in [2.24, 2.45) is 0 Å². The molecule has 0 radical (unpaired) electrons. The molecule has 0 aliphatic carbocycles. The van der Waals surface area contributed by atoms with E-state index in [2.05, 4.69) is 30.3 Å². The predicted octanol–water partition coefficient (Wildman–Crippen LogP) is 6.62. The molecule has 0 spiro atoms. The third kappa shape index (κ3) is 6.08. The molecule has 1 aromatic heterocycles. The monoisotopic (exact) mass is 562 g/mol. The van der Waals surface area contributed by atoms with Gasteiger partial charge < -0.3 is 9.47 Å². The van der Waals surface area contributed by atoms with Gasteiger partial charge in [0.2, 0.25) is 0 Å². The van der Waals surface area contributed by atoms with Crippen LogP contribution in [0.15, 0.2) is 94.9 Å². The van der Waals surface area contributed by atoms with E-state index in [4.69, 9.17) is 14.6 Å². The fourth-order valence-electron chi connectivity index (χ4n) is 4.97. The van der Waals surface area contributed by atoms with E-state index in [1.807, 2.05) is 61.0 Å². The molecule has 1 aliphatic heterocycles.